The molecule has 4 heteroatoms. The van der Waals surface area contributed by atoms with E-state index in [1.165, 1.54) is 25.7 Å². The standard InChI is InChI=1S/C19H25BrClNO/c1-13-4-8-17(9-5-13)22-10-2-3-15(19(22)23)11-14-6-7-16(20)12-18(14)21/h6-7,12-13,15,17H,2-5,8-11H2,1H3. The van der Waals surface area contributed by atoms with Crippen LogP contribution in [0.1, 0.15) is 51.0 Å². The second-order valence-electron chi connectivity index (χ2n) is 7.22. The Labute approximate surface area is 152 Å². The van der Waals surface area contributed by atoms with Crippen LogP contribution in [0.3, 0.4) is 0 Å². The molecule has 1 aromatic rings. The molecule has 23 heavy (non-hydrogen) atoms. The summed E-state index contributed by atoms with van der Waals surface area (Å²) in [6.45, 7) is 3.27. The van der Waals surface area contributed by atoms with Crippen LogP contribution in [0.2, 0.25) is 5.02 Å². The van der Waals surface area contributed by atoms with Gasteiger partial charge in [-0.25, -0.2) is 0 Å². The second kappa shape index (κ2) is 7.57. The third-order valence-electron chi connectivity index (χ3n) is 5.49. The summed E-state index contributed by atoms with van der Waals surface area (Å²) in [5.74, 6) is 1.28. The van der Waals surface area contributed by atoms with Gasteiger partial charge in [0.25, 0.3) is 0 Å². The molecule has 1 aliphatic carbocycles. The Balaban J connectivity index is 1.67. The SMILES string of the molecule is CC1CCC(N2CCCC(Cc3ccc(Br)cc3Cl)C2=O)CC1. The number of hydrogen-bond acceptors (Lipinski definition) is 1. The molecular weight excluding hydrogens is 374 g/mol. The van der Waals surface area contributed by atoms with E-state index in [0.29, 0.717) is 11.9 Å². The molecule has 0 radical (unpaired) electrons. The molecule has 2 aliphatic rings. The van der Waals surface area contributed by atoms with Crippen LogP contribution < -0.4 is 0 Å². The van der Waals surface area contributed by atoms with Crippen molar-refractivity contribution in [3.63, 3.8) is 0 Å². The van der Waals surface area contributed by atoms with E-state index in [4.69, 9.17) is 11.6 Å². The Bertz CT molecular complexity index is 568. The molecule has 1 heterocycles. The Hall–Kier alpha value is -0.540. The van der Waals surface area contributed by atoms with Gasteiger partial charge in [-0.3, -0.25) is 4.79 Å². The van der Waals surface area contributed by atoms with E-state index in [-0.39, 0.29) is 5.92 Å². The molecule has 0 spiro atoms. The van der Waals surface area contributed by atoms with Gasteiger partial charge in [0.15, 0.2) is 0 Å². The lowest BCUT2D eigenvalue weighted by Gasteiger charge is -2.41. The largest absolute Gasteiger partial charge is 0.339 e. The third-order valence-corrected chi connectivity index (χ3v) is 6.34. The molecule has 1 saturated carbocycles. The lowest BCUT2D eigenvalue weighted by atomic mass is 9.83. The summed E-state index contributed by atoms with van der Waals surface area (Å²) in [5.41, 5.74) is 1.09. The first kappa shape index (κ1) is 17.3. The van der Waals surface area contributed by atoms with Gasteiger partial charge >= 0.3 is 0 Å². The molecule has 1 unspecified atom stereocenters. The van der Waals surface area contributed by atoms with Crippen LogP contribution >= 0.6 is 27.5 Å². The zero-order chi connectivity index (χ0) is 16.4. The summed E-state index contributed by atoms with van der Waals surface area (Å²) in [4.78, 5) is 15.1. The number of nitrogens with zero attached hydrogens (tertiary/aromatic N) is 1. The van der Waals surface area contributed by atoms with E-state index in [0.717, 1.165) is 46.8 Å². The minimum Gasteiger partial charge on any atom is -0.339 e. The summed E-state index contributed by atoms with van der Waals surface area (Å²) in [7, 11) is 0. The number of amides is 1. The average Bonchev–Trinajstić information content (AvgIpc) is 2.53. The molecule has 1 aromatic carbocycles. The first-order valence-electron chi connectivity index (χ1n) is 8.79. The summed E-state index contributed by atoms with van der Waals surface area (Å²) in [5, 5.41) is 0.760. The number of halogens is 2. The van der Waals surface area contributed by atoms with E-state index in [2.05, 4.69) is 27.8 Å². The minimum atomic E-state index is 0.0989. The Kier molecular flexibility index (Phi) is 5.69. The number of likely N-dealkylation sites (tertiary alicyclic amines) is 1. The fraction of sp³-hybridized carbons (Fsp3) is 0.632. The molecule has 126 valence electrons. The van der Waals surface area contributed by atoms with Gasteiger partial charge in [-0.1, -0.05) is 40.5 Å². The highest BCUT2D eigenvalue weighted by molar-refractivity contribution is 9.10. The average molecular weight is 399 g/mol. The fourth-order valence-corrected chi connectivity index (χ4v) is 4.79. The van der Waals surface area contributed by atoms with Crippen LogP contribution in [0.4, 0.5) is 0 Å². The molecule has 0 bridgehead atoms. The van der Waals surface area contributed by atoms with Crippen molar-refractivity contribution in [3.05, 3.63) is 33.3 Å². The minimum absolute atomic E-state index is 0.0989. The number of carbonyl (C=O) groups is 1. The van der Waals surface area contributed by atoms with E-state index >= 15 is 0 Å². The van der Waals surface area contributed by atoms with Crippen LogP contribution in [0.5, 0.6) is 0 Å². The normalized spacial score (nSPS) is 28.9. The van der Waals surface area contributed by atoms with Crippen molar-refractivity contribution < 1.29 is 4.79 Å². The van der Waals surface area contributed by atoms with Gasteiger partial charge in [0.05, 0.1) is 0 Å². The van der Waals surface area contributed by atoms with E-state index in [1.807, 2.05) is 18.2 Å². The number of hydrogen-bond donors (Lipinski definition) is 0. The molecule has 1 atom stereocenters. The molecule has 2 fully saturated rings. The van der Waals surface area contributed by atoms with Crippen LogP contribution in [0.25, 0.3) is 0 Å². The highest BCUT2D eigenvalue weighted by atomic mass is 79.9. The number of piperidine rings is 1. The van der Waals surface area contributed by atoms with Gasteiger partial charge in [-0.15, -0.1) is 0 Å². The fourth-order valence-electron chi connectivity index (χ4n) is 4.03. The Morgan fingerprint density at radius 1 is 1.22 bits per heavy atom. The van der Waals surface area contributed by atoms with Crippen molar-refractivity contribution in [1.29, 1.82) is 0 Å². The summed E-state index contributed by atoms with van der Waals surface area (Å²) in [6.07, 6.45) is 7.76. The second-order valence-corrected chi connectivity index (χ2v) is 8.55. The smallest absolute Gasteiger partial charge is 0.226 e. The van der Waals surface area contributed by atoms with Crippen molar-refractivity contribution in [3.8, 4) is 0 Å². The third kappa shape index (κ3) is 4.11. The van der Waals surface area contributed by atoms with Gasteiger partial charge in [0, 0.05) is 28.0 Å². The van der Waals surface area contributed by atoms with E-state index in [9.17, 15) is 4.79 Å². The zero-order valence-corrected chi connectivity index (χ0v) is 16.1. The van der Waals surface area contributed by atoms with E-state index < -0.39 is 0 Å². The van der Waals surface area contributed by atoms with Crippen molar-refractivity contribution in [2.24, 2.45) is 11.8 Å². The highest BCUT2D eigenvalue weighted by Gasteiger charge is 2.34. The Morgan fingerprint density at radius 2 is 1.96 bits per heavy atom. The van der Waals surface area contributed by atoms with Gasteiger partial charge in [-0.05, 0) is 68.6 Å². The zero-order valence-electron chi connectivity index (χ0n) is 13.7. The van der Waals surface area contributed by atoms with Crippen LogP contribution in [0.15, 0.2) is 22.7 Å². The van der Waals surface area contributed by atoms with Gasteiger partial charge in [0.2, 0.25) is 5.91 Å². The van der Waals surface area contributed by atoms with Crippen LogP contribution in [-0.2, 0) is 11.2 Å². The maximum absolute atomic E-state index is 13.0. The molecule has 1 amide bonds. The molecule has 2 nitrogen and oxygen atoms in total. The number of benzene rings is 1. The van der Waals surface area contributed by atoms with Crippen molar-refractivity contribution in [1.82, 2.24) is 4.90 Å². The summed E-state index contributed by atoms with van der Waals surface area (Å²) < 4.78 is 0.985. The Morgan fingerprint density at radius 3 is 2.65 bits per heavy atom. The molecule has 0 N–H and O–H groups in total. The topological polar surface area (TPSA) is 20.3 Å². The predicted octanol–water partition coefficient (Wildman–Crippen LogP) is 5.46. The first-order chi connectivity index (χ1) is 11.0. The van der Waals surface area contributed by atoms with Crippen LogP contribution in [-0.4, -0.2) is 23.4 Å². The number of carbonyl (C=O) groups excluding carboxylic acids is 1. The molecule has 1 aliphatic heterocycles. The van der Waals surface area contributed by atoms with Gasteiger partial charge in [-0.2, -0.15) is 0 Å². The predicted molar refractivity (Wildman–Crippen MR) is 98.7 cm³/mol. The summed E-state index contributed by atoms with van der Waals surface area (Å²) >= 11 is 9.78. The molecule has 0 aromatic heterocycles. The van der Waals surface area contributed by atoms with Crippen molar-refractivity contribution in [2.45, 2.75) is 57.9 Å². The van der Waals surface area contributed by atoms with Crippen LogP contribution in [0, 0.1) is 11.8 Å². The van der Waals surface area contributed by atoms with Crippen molar-refractivity contribution in [2.75, 3.05) is 6.54 Å². The molecule has 1 saturated heterocycles. The lowest BCUT2D eigenvalue weighted by Crippen LogP contribution is -2.48. The quantitative estimate of drug-likeness (QED) is 0.662. The monoisotopic (exact) mass is 397 g/mol. The highest BCUT2D eigenvalue weighted by Crippen LogP contribution is 2.33. The van der Waals surface area contributed by atoms with Gasteiger partial charge in [0.1, 0.15) is 0 Å². The number of rotatable bonds is 3. The lowest BCUT2D eigenvalue weighted by molar-refractivity contribution is -0.142. The molecule has 3 rings (SSSR count). The van der Waals surface area contributed by atoms with Gasteiger partial charge < -0.3 is 4.90 Å². The first-order valence-corrected chi connectivity index (χ1v) is 9.96. The van der Waals surface area contributed by atoms with E-state index in [1.54, 1.807) is 0 Å². The summed E-state index contributed by atoms with van der Waals surface area (Å²) in [6, 6.07) is 6.45. The molecular formula is C19H25BrClNO. The maximum atomic E-state index is 13.0. The maximum Gasteiger partial charge on any atom is 0.226 e. The van der Waals surface area contributed by atoms with Crippen molar-refractivity contribution >= 4 is 33.4 Å².